The summed E-state index contributed by atoms with van der Waals surface area (Å²) >= 11 is 0. The second-order valence-corrected chi connectivity index (χ2v) is 8.02. The van der Waals surface area contributed by atoms with Gasteiger partial charge in [0.1, 0.15) is 0 Å². The van der Waals surface area contributed by atoms with Crippen LogP contribution in [0.1, 0.15) is 32.8 Å². The summed E-state index contributed by atoms with van der Waals surface area (Å²) in [5, 5.41) is 6.69. The number of benzene rings is 2. The SMILES string of the molecule is CC(C)CC1(C)NCNCN(Cc2cccc(-c3cccc(N)c3)c2)C1=O. The summed E-state index contributed by atoms with van der Waals surface area (Å²) < 4.78 is 0. The number of carbonyl (C=O) groups excluding carboxylic acids is 1. The minimum Gasteiger partial charge on any atom is -0.399 e. The van der Waals surface area contributed by atoms with Gasteiger partial charge in [-0.2, -0.15) is 0 Å². The van der Waals surface area contributed by atoms with Crippen molar-refractivity contribution in [1.29, 1.82) is 0 Å². The molecule has 144 valence electrons. The van der Waals surface area contributed by atoms with Gasteiger partial charge in [-0.25, -0.2) is 0 Å². The average Bonchev–Trinajstić information content (AvgIpc) is 2.75. The Morgan fingerprint density at radius 3 is 2.56 bits per heavy atom. The molecule has 27 heavy (non-hydrogen) atoms. The quantitative estimate of drug-likeness (QED) is 0.711. The fourth-order valence-corrected chi connectivity index (χ4v) is 3.84. The highest BCUT2D eigenvalue weighted by Gasteiger charge is 2.38. The number of nitrogens with two attached hydrogens (primary N) is 1. The Bertz CT molecular complexity index is 804. The van der Waals surface area contributed by atoms with Crippen molar-refractivity contribution in [2.24, 2.45) is 5.92 Å². The molecule has 5 nitrogen and oxygen atoms in total. The van der Waals surface area contributed by atoms with Crippen LogP contribution in [0.3, 0.4) is 0 Å². The van der Waals surface area contributed by atoms with Crippen LogP contribution in [0.5, 0.6) is 0 Å². The van der Waals surface area contributed by atoms with Crippen LogP contribution in [0.2, 0.25) is 0 Å². The van der Waals surface area contributed by atoms with Crippen LogP contribution >= 0.6 is 0 Å². The lowest BCUT2D eigenvalue weighted by atomic mass is 9.89. The molecule has 1 aliphatic heterocycles. The molecule has 1 unspecified atom stereocenters. The molecule has 1 amide bonds. The smallest absolute Gasteiger partial charge is 0.243 e. The summed E-state index contributed by atoms with van der Waals surface area (Å²) in [6.07, 6.45) is 0.813. The van der Waals surface area contributed by atoms with E-state index in [-0.39, 0.29) is 5.91 Å². The standard InChI is InChI=1S/C22H30N4O/c1-16(2)12-22(3)21(27)26(15-24-14-25-22)13-17-6-4-7-18(10-17)19-8-5-9-20(23)11-19/h4-11,16,24-25H,12-15,23H2,1-3H3. The summed E-state index contributed by atoms with van der Waals surface area (Å²) in [7, 11) is 0. The van der Waals surface area contributed by atoms with E-state index in [1.54, 1.807) is 0 Å². The third-order valence-electron chi connectivity index (χ3n) is 5.00. The van der Waals surface area contributed by atoms with E-state index in [0.29, 0.717) is 25.8 Å². The van der Waals surface area contributed by atoms with E-state index < -0.39 is 5.54 Å². The lowest BCUT2D eigenvalue weighted by Crippen LogP contribution is -2.54. The van der Waals surface area contributed by atoms with Crippen LogP contribution in [0.25, 0.3) is 11.1 Å². The molecular weight excluding hydrogens is 336 g/mol. The van der Waals surface area contributed by atoms with Crippen LogP contribution in [-0.2, 0) is 11.3 Å². The molecule has 0 spiro atoms. The summed E-state index contributed by atoms with van der Waals surface area (Å²) in [5.74, 6) is 0.592. The molecule has 5 heteroatoms. The number of nitrogens with one attached hydrogen (secondary N) is 2. The van der Waals surface area contributed by atoms with Crippen molar-refractivity contribution >= 4 is 11.6 Å². The molecule has 1 fully saturated rings. The molecule has 0 aliphatic carbocycles. The topological polar surface area (TPSA) is 70.4 Å². The van der Waals surface area contributed by atoms with Gasteiger partial charge in [0.2, 0.25) is 5.91 Å². The maximum Gasteiger partial charge on any atom is 0.243 e. The van der Waals surface area contributed by atoms with Gasteiger partial charge >= 0.3 is 0 Å². The van der Waals surface area contributed by atoms with Gasteiger partial charge in [0.15, 0.2) is 0 Å². The van der Waals surface area contributed by atoms with Gasteiger partial charge in [-0.1, -0.05) is 44.2 Å². The van der Waals surface area contributed by atoms with Gasteiger partial charge < -0.3 is 10.6 Å². The maximum atomic E-state index is 13.2. The van der Waals surface area contributed by atoms with Crippen LogP contribution < -0.4 is 16.4 Å². The van der Waals surface area contributed by atoms with Crippen LogP contribution in [-0.4, -0.2) is 29.7 Å². The van der Waals surface area contributed by atoms with Gasteiger partial charge in [-0.05, 0) is 54.2 Å². The first-order chi connectivity index (χ1) is 12.9. The first kappa shape index (κ1) is 19.4. The van der Waals surface area contributed by atoms with Gasteiger partial charge in [0.05, 0.1) is 12.2 Å². The normalized spacial score (nSPS) is 20.7. The predicted molar refractivity (Wildman–Crippen MR) is 111 cm³/mol. The van der Waals surface area contributed by atoms with E-state index >= 15 is 0 Å². The van der Waals surface area contributed by atoms with Crippen molar-refractivity contribution < 1.29 is 4.79 Å². The Morgan fingerprint density at radius 1 is 1.15 bits per heavy atom. The summed E-state index contributed by atoms with van der Waals surface area (Å²) in [5.41, 5.74) is 9.44. The summed E-state index contributed by atoms with van der Waals surface area (Å²) in [6.45, 7) is 8.07. The van der Waals surface area contributed by atoms with Crippen molar-refractivity contribution in [3.63, 3.8) is 0 Å². The van der Waals surface area contributed by atoms with Crippen LogP contribution in [0.15, 0.2) is 48.5 Å². The average molecular weight is 367 g/mol. The molecule has 1 heterocycles. The van der Waals surface area contributed by atoms with Gasteiger partial charge in [0.25, 0.3) is 0 Å². The Labute approximate surface area is 161 Å². The molecule has 0 radical (unpaired) electrons. The zero-order valence-electron chi connectivity index (χ0n) is 16.5. The fourth-order valence-electron chi connectivity index (χ4n) is 3.84. The number of hydrogen-bond donors (Lipinski definition) is 3. The van der Waals surface area contributed by atoms with E-state index in [9.17, 15) is 4.79 Å². The van der Waals surface area contributed by atoms with Crippen molar-refractivity contribution in [2.75, 3.05) is 19.1 Å². The van der Waals surface area contributed by atoms with Gasteiger partial charge in [0, 0.05) is 18.9 Å². The lowest BCUT2D eigenvalue weighted by Gasteiger charge is -2.33. The number of rotatable bonds is 5. The number of carbonyl (C=O) groups is 1. The molecule has 4 N–H and O–H groups in total. The highest BCUT2D eigenvalue weighted by molar-refractivity contribution is 5.86. The number of hydrogen-bond acceptors (Lipinski definition) is 4. The monoisotopic (exact) mass is 366 g/mol. The number of amides is 1. The number of nitrogen functional groups attached to an aromatic ring is 1. The van der Waals surface area contributed by atoms with Crippen LogP contribution in [0, 0.1) is 5.92 Å². The first-order valence-electron chi connectivity index (χ1n) is 9.57. The molecule has 3 rings (SSSR count). The van der Waals surface area contributed by atoms with Gasteiger partial charge in [-0.3, -0.25) is 15.4 Å². The van der Waals surface area contributed by atoms with E-state index in [1.165, 1.54) is 0 Å². The predicted octanol–water partition coefficient (Wildman–Crippen LogP) is 3.18. The minimum atomic E-state index is -0.539. The van der Waals surface area contributed by atoms with E-state index in [4.69, 9.17) is 5.73 Å². The molecule has 0 bridgehead atoms. The summed E-state index contributed by atoms with van der Waals surface area (Å²) in [4.78, 5) is 15.1. The first-order valence-corrected chi connectivity index (χ1v) is 9.57. The second kappa shape index (κ2) is 8.11. The van der Waals surface area contributed by atoms with Crippen molar-refractivity contribution in [3.8, 4) is 11.1 Å². The van der Waals surface area contributed by atoms with E-state index in [1.807, 2.05) is 36.1 Å². The maximum absolute atomic E-state index is 13.2. The van der Waals surface area contributed by atoms with Crippen molar-refractivity contribution in [1.82, 2.24) is 15.5 Å². The second-order valence-electron chi connectivity index (χ2n) is 8.02. The third-order valence-corrected chi connectivity index (χ3v) is 5.00. The zero-order chi connectivity index (χ0) is 19.4. The Morgan fingerprint density at radius 2 is 1.85 bits per heavy atom. The number of nitrogens with zero attached hydrogens (tertiary/aromatic N) is 1. The molecule has 0 saturated carbocycles. The Hall–Kier alpha value is -2.37. The molecule has 2 aromatic carbocycles. The molecule has 1 aliphatic rings. The zero-order valence-corrected chi connectivity index (χ0v) is 16.5. The number of anilines is 1. The van der Waals surface area contributed by atoms with Gasteiger partial charge in [-0.15, -0.1) is 0 Å². The molecular formula is C22H30N4O. The highest BCUT2D eigenvalue weighted by atomic mass is 16.2. The van der Waals surface area contributed by atoms with E-state index in [0.717, 1.165) is 28.8 Å². The Balaban J connectivity index is 1.81. The molecule has 2 aromatic rings. The Kier molecular flexibility index (Phi) is 5.82. The summed E-state index contributed by atoms with van der Waals surface area (Å²) in [6, 6.07) is 16.2. The minimum absolute atomic E-state index is 0.149. The van der Waals surface area contributed by atoms with Crippen molar-refractivity contribution in [2.45, 2.75) is 39.3 Å². The van der Waals surface area contributed by atoms with Crippen molar-refractivity contribution in [3.05, 3.63) is 54.1 Å². The van der Waals surface area contributed by atoms with E-state index in [2.05, 4.69) is 48.7 Å². The largest absolute Gasteiger partial charge is 0.399 e. The molecule has 1 saturated heterocycles. The highest BCUT2D eigenvalue weighted by Crippen LogP contribution is 2.25. The molecule has 0 aromatic heterocycles. The third kappa shape index (κ3) is 4.67. The molecule has 1 atom stereocenters. The fraction of sp³-hybridized carbons (Fsp3) is 0.409. The van der Waals surface area contributed by atoms with Crippen LogP contribution in [0.4, 0.5) is 5.69 Å². The lowest BCUT2D eigenvalue weighted by molar-refractivity contribution is -0.138.